The molecule has 0 spiro atoms. The Morgan fingerprint density at radius 2 is 1.82 bits per heavy atom. The fraction of sp³-hybridized carbons (Fsp3) is 0.500. The van der Waals surface area contributed by atoms with Crippen molar-refractivity contribution in [2.24, 2.45) is 5.41 Å². The number of carbonyl (C=O) groups is 3. The van der Waals surface area contributed by atoms with E-state index in [1.54, 1.807) is 24.4 Å². The Morgan fingerprint density at radius 3 is 2.42 bits per heavy atom. The molecular formula is C34H40ClIN6O7S. The number of rotatable bonds is 11. The summed E-state index contributed by atoms with van der Waals surface area (Å²) in [6.45, 7) is 7.67. The average molecular weight is 839 g/mol. The van der Waals surface area contributed by atoms with Gasteiger partial charge in [-0.2, -0.15) is 0 Å². The number of benzene rings is 1. The van der Waals surface area contributed by atoms with Gasteiger partial charge in [-0.3, -0.25) is 24.1 Å². The number of nitrogens with zero attached hydrogens (tertiary/aromatic N) is 3. The van der Waals surface area contributed by atoms with Gasteiger partial charge in [0, 0.05) is 31.8 Å². The van der Waals surface area contributed by atoms with Gasteiger partial charge >= 0.3 is 0 Å². The SMILES string of the molecule is COc1cnc(O[C@@H]2C[C@@H](C(=O)N[C@]3(C(=O)NS(=O)(=O)C4CC4)C[C@H]3I)N(C(=O)C(Nc3ccc(C)nc3)C(C)(C)C)C2)c2cc(Cl)ccc12. The molecule has 5 atom stereocenters. The highest BCUT2D eigenvalue weighted by molar-refractivity contribution is 14.1. The smallest absolute Gasteiger partial charge is 0.260 e. The maximum atomic E-state index is 14.6. The number of methoxy groups -OCH3 is 1. The van der Waals surface area contributed by atoms with Gasteiger partial charge < -0.3 is 25.0 Å². The fourth-order valence-corrected chi connectivity index (χ4v) is 8.79. The molecular weight excluding hydrogens is 799 g/mol. The van der Waals surface area contributed by atoms with Crippen LogP contribution >= 0.6 is 34.2 Å². The molecule has 2 aliphatic carbocycles. The topological polar surface area (TPSA) is 169 Å². The lowest BCUT2D eigenvalue weighted by atomic mass is 9.85. The van der Waals surface area contributed by atoms with Gasteiger partial charge in [0.2, 0.25) is 27.7 Å². The number of pyridine rings is 2. The third kappa shape index (κ3) is 7.45. The number of nitrogens with one attached hydrogen (secondary N) is 3. The standard InChI is InChI=1S/C34H40ClIN6O7S/c1-18-6-8-20(15-37-18)39-28(33(2,3)4)31(44)42-17-21(49-30-24-12-19(35)7-11-23(24)26(48-5)16-38-30)13-25(42)29(43)40-34(14-27(34)36)32(45)41-50(46,47)22-9-10-22/h6-8,11-12,15-16,21-22,25,27-28,39H,9-10,13-14,17H2,1-5H3,(H,40,43)(H,41,45)/t21-,25+,27-,28?,34-/m1/s1. The number of anilines is 1. The maximum absolute atomic E-state index is 14.6. The van der Waals surface area contributed by atoms with Crippen LogP contribution in [0.1, 0.15) is 52.1 Å². The van der Waals surface area contributed by atoms with Gasteiger partial charge in [0.1, 0.15) is 29.5 Å². The molecule has 0 radical (unpaired) electrons. The molecule has 1 aliphatic heterocycles. The molecule has 2 aromatic heterocycles. The van der Waals surface area contributed by atoms with E-state index in [0.29, 0.717) is 34.7 Å². The molecule has 268 valence electrons. The number of halogens is 2. The summed E-state index contributed by atoms with van der Waals surface area (Å²) in [5.74, 6) is -0.917. The number of amides is 3. The zero-order chi connectivity index (χ0) is 36.2. The lowest BCUT2D eigenvalue weighted by Gasteiger charge is -2.36. The molecule has 3 N–H and O–H groups in total. The Morgan fingerprint density at radius 1 is 1.10 bits per heavy atom. The minimum atomic E-state index is -3.84. The molecule has 13 nitrogen and oxygen atoms in total. The number of ether oxygens (including phenoxy) is 2. The predicted octanol–water partition coefficient (Wildman–Crippen LogP) is 4.15. The molecule has 6 rings (SSSR count). The summed E-state index contributed by atoms with van der Waals surface area (Å²) >= 11 is 8.37. The van der Waals surface area contributed by atoms with E-state index >= 15 is 0 Å². The quantitative estimate of drug-likeness (QED) is 0.189. The van der Waals surface area contributed by atoms with Gasteiger partial charge in [-0.05, 0) is 61.9 Å². The summed E-state index contributed by atoms with van der Waals surface area (Å²) in [6.07, 6.45) is 3.83. The third-order valence-electron chi connectivity index (χ3n) is 9.28. The Balaban J connectivity index is 1.30. The van der Waals surface area contributed by atoms with E-state index in [9.17, 15) is 22.8 Å². The average Bonchev–Trinajstić information content (AvgIpc) is 3.97. The summed E-state index contributed by atoms with van der Waals surface area (Å²) in [4.78, 5) is 52.4. The van der Waals surface area contributed by atoms with Crippen LogP contribution in [-0.2, 0) is 24.4 Å². The van der Waals surface area contributed by atoms with Crippen LogP contribution in [0, 0.1) is 12.3 Å². The Hall–Kier alpha value is -3.44. The number of likely N-dealkylation sites (tertiary alicyclic amines) is 1. The van der Waals surface area contributed by atoms with Gasteiger partial charge in [0.25, 0.3) is 5.91 Å². The van der Waals surface area contributed by atoms with Crippen LogP contribution in [0.25, 0.3) is 10.8 Å². The molecule has 3 aromatic rings. The van der Waals surface area contributed by atoms with E-state index in [4.69, 9.17) is 21.1 Å². The second kappa shape index (κ2) is 13.6. The second-order valence-electron chi connectivity index (χ2n) is 14.2. The number of aryl methyl sites for hydroxylation is 1. The third-order valence-corrected chi connectivity index (χ3v) is 12.8. The number of hydrogen-bond acceptors (Lipinski definition) is 10. The maximum Gasteiger partial charge on any atom is 0.260 e. The summed E-state index contributed by atoms with van der Waals surface area (Å²) in [7, 11) is -2.30. The second-order valence-corrected chi connectivity index (χ2v) is 18.1. The lowest BCUT2D eigenvalue weighted by molar-refractivity contribution is -0.141. The summed E-state index contributed by atoms with van der Waals surface area (Å²) in [5, 5.41) is 7.35. The van der Waals surface area contributed by atoms with Crippen molar-refractivity contribution in [3.8, 4) is 11.6 Å². The number of hydrogen-bond donors (Lipinski definition) is 3. The van der Waals surface area contributed by atoms with E-state index < -0.39 is 56.2 Å². The number of fused-ring (bicyclic) bond motifs is 1. The molecule has 50 heavy (non-hydrogen) atoms. The first kappa shape index (κ1) is 36.4. The van der Waals surface area contributed by atoms with Crippen molar-refractivity contribution < 1.29 is 32.3 Å². The highest BCUT2D eigenvalue weighted by Gasteiger charge is 2.62. The minimum Gasteiger partial charge on any atom is -0.494 e. The van der Waals surface area contributed by atoms with Crippen molar-refractivity contribution in [1.82, 2.24) is 24.9 Å². The minimum absolute atomic E-state index is 0.0377. The number of carbonyl (C=O) groups excluding carboxylic acids is 3. The van der Waals surface area contributed by atoms with E-state index in [2.05, 4.69) is 25.3 Å². The largest absolute Gasteiger partial charge is 0.494 e. The van der Waals surface area contributed by atoms with Crippen LogP contribution in [0.15, 0.2) is 42.7 Å². The molecule has 3 aliphatic rings. The number of alkyl halides is 1. The van der Waals surface area contributed by atoms with E-state index in [1.165, 1.54) is 18.2 Å². The Bertz CT molecular complexity index is 1940. The van der Waals surface area contributed by atoms with Gasteiger partial charge in [-0.15, -0.1) is 0 Å². The van der Waals surface area contributed by atoms with Crippen LogP contribution in [0.2, 0.25) is 5.02 Å². The van der Waals surface area contributed by atoms with Gasteiger partial charge in [-0.1, -0.05) is 55.0 Å². The predicted molar refractivity (Wildman–Crippen MR) is 197 cm³/mol. The highest BCUT2D eigenvalue weighted by atomic mass is 127. The fourth-order valence-electron chi connectivity index (χ4n) is 6.12. The zero-order valence-corrected chi connectivity index (χ0v) is 32.1. The van der Waals surface area contributed by atoms with E-state index in [1.807, 2.05) is 62.4 Å². The van der Waals surface area contributed by atoms with Gasteiger partial charge in [0.15, 0.2) is 0 Å². The van der Waals surface area contributed by atoms with Crippen LogP contribution in [-0.4, -0.2) is 87.6 Å². The van der Waals surface area contributed by atoms with E-state index in [-0.39, 0.29) is 35.1 Å². The normalized spacial score (nSPS) is 24.0. The molecule has 2 saturated carbocycles. The Kier molecular flexibility index (Phi) is 9.89. The van der Waals surface area contributed by atoms with Crippen LogP contribution in [0.4, 0.5) is 5.69 Å². The molecule has 1 unspecified atom stereocenters. The van der Waals surface area contributed by atoms with Crippen molar-refractivity contribution in [2.75, 3.05) is 19.0 Å². The van der Waals surface area contributed by atoms with Crippen molar-refractivity contribution in [2.45, 2.75) is 86.3 Å². The molecule has 0 bridgehead atoms. The van der Waals surface area contributed by atoms with E-state index in [0.717, 1.165) is 11.1 Å². The zero-order valence-electron chi connectivity index (χ0n) is 28.3. The molecule has 16 heteroatoms. The van der Waals surface area contributed by atoms with Crippen LogP contribution < -0.4 is 24.8 Å². The highest BCUT2D eigenvalue weighted by Crippen LogP contribution is 2.44. The monoisotopic (exact) mass is 838 g/mol. The van der Waals surface area contributed by atoms with Crippen molar-refractivity contribution in [3.63, 3.8) is 0 Å². The summed E-state index contributed by atoms with van der Waals surface area (Å²) in [5.41, 5.74) is -0.564. The van der Waals surface area contributed by atoms with Crippen LogP contribution in [0.5, 0.6) is 11.6 Å². The first-order valence-electron chi connectivity index (χ1n) is 16.3. The molecule has 3 heterocycles. The summed E-state index contributed by atoms with van der Waals surface area (Å²) in [6, 6.07) is 7.10. The van der Waals surface area contributed by atoms with Crippen molar-refractivity contribution in [1.29, 1.82) is 0 Å². The first-order chi connectivity index (χ1) is 23.5. The van der Waals surface area contributed by atoms with Gasteiger partial charge in [-0.25, -0.2) is 13.4 Å². The molecule has 3 fully saturated rings. The van der Waals surface area contributed by atoms with Crippen LogP contribution in [0.3, 0.4) is 0 Å². The Labute approximate surface area is 309 Å². The number of sulfonamides is 1. The van der Waals surface area contributed by atoms with Gasteiger partial charge in [0.05, 0.1) is 37.0 Å². The van der Waals surface area contributed by atoms with Crippen molar-refractivity contribution in [3.05, 3.63) is 53.4 Å². The van der Waals surface area contributed by atoms with Crippen molar-refractivity contribution >= 4 is 78.4 Å². The first-order valence-corrected chi connectivity index (χ1v) is 19.5. The molecule has 3 amide bonds. The number of aromatic nitrogens is 2. The summed E-state index contributed by atoms with van der Waals surface area (Å²) < 4.78 is 39.0. The molecule has 1 saturated heterocycles. The lowest BCUT2D eigenvalue weighted by Crippen LogP contribution is -2.58. The molecule has 1 aromatic carbocycles.